The molecule has 1 aliphatic heterocycles. The minimum atomic E-state index is -0.406. The first-order valence-corrected chi connectivity index (χ1v) is 12.7. The minimum Gasteiger partial charge on any atom is -0.492 e. The Bertz CT molecular complexity index is 1360. The Balaban J connectivity index is 1.36. The molecule has 1 heterocycles. The van der Waals surface area contributed by atoms with Crippen molar-refractivity contribution in [1.82, 2.24) is 4.90 Å². The number of para-hydroxylation sites is 1. The third-order valence-corrected chi connectivity index (χ3v) is 6.79. The summed E-state index contributed by atoms with van der Waals surface area (Å²) in [5, 5.41) is 3.04. The van der Waals surface area contributed by atoms with E-state index in [-0.39, 0.29) is 35.8 Å². The average Bonchev–Trinajstić information content (AvgIpc) is 3.14. The van der Waals surface area contributed by atoms with Crippen molar-refractivity contribution in [2.45, 2.75) is 13.8 Å². The van der Waals surface area contributed by atoms with Crippen molar-refractivity contribution in [3.05, 3.63) is 93.3 Å². The van der Waals surface area contributed by atoms with Gasteiger partial charge >= 0.3 is 0 Å². The van der Waals surface area contributed by atoms with E-state index in [2.05, 4.69) is 5.32 Å². The molecule has 3 amide bonds. The number of nitrogens with zero attached hydrogens (tertiary/aromatic N) is 1. The van der Waals surface area contributed by atoms with Gasteiger partial charge in [0.25, 0.3) is 17.1 Å². The Morgan fingerprint density at radius 3 is 2.51 bits per heavy atom. The predicted molar refractivity (Wildman–Crippen MR) is 146 cm³/mol. The summed E-state index contributed by atoms with van der Waals surface area (Å²) >= 11 is 6.72. The van der Waals surface area contributed by atoms with Crippen LogP contribution in [0.2, 0.25) is 5.02 Å². The maximum atomic E-state index is 12.9. The van der Waals surface area contributed by atoms with Crippen molar-refractivity contribution in [3.8, 4) is 11.5 Å². The SMILES string of the molecule is Cc1ccc(NC(=O)COc2ccccc2/C=C2\SC(=O)N(CCOc3ccc(Cl)cc3)C2=O)cc1C. The molecule has 0 saturated carbocycles. The highest BCUT2D eigenvalue weighted by molar-refractivity contribution is 8.18. The molecule has 1 aliphatic rings. The fourth-order valence-corrected chi connectivity index (χ4v) is 4.49. The molecule has 0 radical (unpaired) electrons. The van der Waals surface area contributed by atoms with Gasteiger partial charge in [-0.05, 0) is 85.3 Å². The molecule has 3 aromatic carbocycles. The third kappa shape index (κ3) is 6.93. The molecule has 0 unspecified atom stereocenters. The molecular weight excluding hydrogens is 512 g/mol. The lowest BCUT2D eigenvalue weighted by Crippen LogP contribution is -2.32. The largest absolute Gasteiger partial charge is 0.492 e. The Hall–Kier alpha value is -3.75. The summed E-state index contributed by atoms with van der Waals surface area (Å²) in [6.07, 6.45) is 1.60. The molecule has 0 aliphatic carbocycles. The second kappa shape index (κ2) is 12.0. The second-order valence-electron chi connectivity index (χ2n) is 8.31. The van der Waals surface area contributed by atoms with Crippen molar-refractivity contribution in [3.63, 3.8) is 0 Å². The van der Waals surface area contributed by atoms with Gasteiger partial charge in [0.15, 0.2) is 6.61 Å². The third-order valence-electron chi connectivity index (χ3n) is 5.63. The number of thioether (sulfide) groups is 1. The van der Waals surface area contributed by atoms with Crippen LogP contribution in [0.3, 0.4) is 0 Å². The Morgan fingerprint density at radius 2 is 1.76 bits per heavy atom. The monoisotopic (exact) mass is 536 g/mol. The Labute approximate surface area is 224 Å². The van der Waals surface area contributed by atoms with Crippen molar-refractivity contribution in [2.75, 3.05) is 25.1 Å². The molecule has 9 heteroatoms. The normalized spacial score (nSPS) is 14.2. The van der Waals surface area contributed by atoms with Gasteiger partial charge in [-0.15, -0.1) is 0 Å². The van der Waals surface area contributed by atoms with Crippen molar-refractivity contribution < 1.29 is 23.9 Å². The van der Waals surface area contributed by atoms with E-state index in [1.807, 2.05) is 32.0 Å². The van der Waals surface area contributed by atoms with Crippen LogP contribution in [0.4, 0.5) is 10.5 Å². The number of aryl methyl sites for hydroxylation is 2. The van der Waals surface area contributed by atoms with Crippen LogP contribution < -0.4 is 14.8 Å². The van der Waals surface area contributed by atoms with Gasteiger partial charge in [0.2, 0.25) is 0 Å². The van der Waals surface area contributed by atoms with Crippen LogP contribution in [0, 0.1) is 13.8 Å². The molecule has 0 atom stereocenters. The molecule has 3 aromatic rings. The van der Waals surface area contributed by atoms with Gasteiger partial charge in [-0.1, -0.05) is 35.9 Å². The highest BCUT2D eigenvalue weighted by Crippen LogP contribution is 2.34. The van der Waals surface area contributed by atoms with E-state index < -0.39 is 5.91 Å². The summed E-state index contributed by atoms with van der Waals surface area (Å²) in [4.78, 5) is 39.2. The van der Waals surface area contributed by atoms with E-state index >= 15 is 0 Å². The van der Waals surface area contributed by atoms with E-state index in [0.29, 0.717) is 27.8 Å². The molecule has 4 rings (SSSR count). The van der Waals surface area contributed by atoms with Crippen molar-refractivity contribution in [1.29, 1.82) is 0 Å². The van der Waals surface area contributed by atoms with Crippen molar-refractivity contribution >= 4 is 52.2 Å². The number of carbonyl (C=O) groups is 3. The van der Waals surface area contributed by atoms with Crippen LogP contribution in [-0.4, -0.2) is 41.7 Å². The summed E-state index contributed by atoms with van der Waals surface area (Å²) in [6, 6.07) is 19.5. The number of imide groups is 1. The fourth-order valence-electron chi connectivity index (χ4n) is 3.51. The van der Waals surface area contributed by atoms with Gasteiger partial charge < -0.3 is 14.8 Å². The van der Waals surface area contributed by atoms with Gasteiger partial charge in [0, 0.05) is 16.3 Å². The number of hydrogen-bond donors (Lipinski definition) is 1. The molecular formula is C28H25ClN2O5S. The standard InChI is InChI=1S/C28H25ClN2O5S/c1-18-7-10-22(15-19(18)2)30-26(32)17-36-24-6-4-3-5-20(24)16-25-27(33)31(28(34)37-25)13-14-35-23-11-8-21(29)9-12-23/h3-12,15-16H,13-14,17H2,1-2H3,(H,30,32)/b25-16-. The number of benzene rings is 3. The number of carbonyl (C=O) groups excluding carboxylic acids is 3. The maximum Gasteiger partial charge on any atom is 0.293 e. The van der Waals surface area contributed by atoms with Crippen LogP contribution >= 0.6 is 23.4 Å². The highest BCUT2D eigenvalue weighted by Gasteiger charge is 2.35. The molecule has 7 nitrogen and oxygen atoms in total. The number of amides is 3. The number of anilines is 1. The van der Waals surface area contributed by atoms with Gasteiger partial charge in [-0.2, -0.15) is 0 Å². The van der Waals surface area contributed by atoms with Crippen LogP contribution in [0.25, 0.3) is 6.08 Å². The first-order chi connectivity index (χ1) is 17.8. The predicted octanol–water partition coefficient (Wildman–Crippen LogP) is 6.09. The van der Waals surface area contributed by atoms with E-state index in [0.717, 1.165) is 27.8 Å². The van der Waals surface area contributed by atoms with Crippen LogP contribution in [0.15, 0.2) is 71.6 Å². The smallest absolute Gasteiger partial charge is 0.293 e. The number of nitrogens with one attached hydrogen (secondary N) is 1. The summed E-state index contributed by atoms with van der Waals surface area (Å²) in [5.74, 6) is 0.311. The summed E-state index contributed by atoms with van der Waals surface area (Å²) < 4.78 is 11.4. The number of ether oxygens (including phenoxy) is 2. The topological polar surface area (TPSA) is 84.9 Å². The van der Waals surface area contributed by atoms with E-state index in [4.69, 9.17) is 21.1 Å². The lowest BCUT2D eigenvalue weighted by molar-refractivity contribution is -0.123. The molecule has 190 valence electrons. The van der Waals surface area contributed by atoms with Gasteiger partial charge in [0.05, 0.1) is 11.4 Å². The molecule has 37 heavy (non-hydrogen) atoms. The zero-order valence-corrected chi connectivity index (χ0v) is 21.9. The molecule has 1 N–H and O–H groups in total. The lowest BCUT2D eigenvalue weighted by Gasteiger charge is -2.13. The zero-order chi connectivity index (χ0) is 26.4. The molecule has 0 aromatic heterocycles. The molecule has 1 saturated heterocycles. The number of halogens is 1. The number of rotatable bonds is 9. The van der Waals surface area contributed by atoms with Gasteiger partial charge in [-0.3, -0.25) is 19.3 Å². The minimum absolute atomic E-state index is 0.113. The van der Waals surface area contributed by atoms with E-state index in [1.54, 1.807) is 54.6 Å². The quantitative estimate of drug-likeness (QED) is 0.333. The highest BCUT2D eigenvalue weighted by atomic mass is 35.5. The van der Waals surface area contributed by atoms with Crippen molar-refractivity contribution in [2.24, 2.45) is 0 Å². The van der Waals surface area contributed by atoms with Gasteiger partial charge in [0.1, 0.15) is 18.1 Å². The summed E-state index contributed by atoms with van der Waals surface area (Å²) in [7, 11) is 0. The lowest BCUT2D eigenvalue weighted by atomic mass is 10.1. The Morgan fingerprint density at radius 1 is 1.00 bits per heavy atom. The molecule has 1 fully saturated rings. The van der Waals surface area contributed by atoms with Crippen LogP contribution in [-0.2, 0) is 9.59 Å². The average molecular weight is 537 g/mol. The van der Waals surface area contributed by atoms with Crippen LogP contribution in [0.1, 0.15) is 16.7 Å². The number of hydrogen-bond acceptors (Lipinski definition) is 6. The van der Waals surface area contributed by atoms with E-state index in [9.17, 15) is 14.4 Å². The summed E-state index contributed by atoms with van der Waals surface area (Å²) in [5.41, 5.74) is 3.50. The molecule has 0 spiro atoms. The zero-order valence-electron chi connectivity index (χ0n) is 20.3. The first kappa shape index (κ1) is 26.3. The van der Waals surface area contributed by atoms with Gasteiger partial charge in [-0.25, -0.2) is 0 Å². The molecule has 0 bridgehead atoms. The fraction of sp³-hybridized carbons (Fsp3) is 0.179. The first-order valence-electron chi connectivity index (χ1n) is 11.5. The second-order valence-corrected chi connectivity index (χ2v) is 9.74. The van der Waals surface area contributed by atoms with Crippen LogP contribution in [0.5, 0.6) is 11.5 Å². The summed E-state index contributed by atoms with van der Waals surface area (Å²) in [6.45, 7) is 4.04. The Kier molecular flexibility index (Phi) is 8.53. The van der Waals surface area contributed by atoms with E-state index in [1.165, 1.54) is 0 Å². The maximum absolute atomic E-state index is 12.9.